The molecule has 2 heterocycles. The Kier molecular flexibility index (Phi) is 7.85. The molecule has 0 radical (unpaired) electrons. The molecule has 0 N–H and O–H groups in total. The van der Waals surface area contributed by atoms with E-state index >= 15 is 0 Å². The van der Waals surface area contributed by atoms with Crippen molar-refractivity contribution >= 4 is 49.4 Å². The maximum absolute atomic E-state index is 6.86. The van der Waals surface area contributed by atoms with Gasteiger partial charge in [0.1, 0.15) is 11.5 Å². The number of rotatable bonds is 4. The number of hydrogen-bond donors (Lipinski definition) is 0. The van der Waals surface area contributed by atoms with E-state index in [2.05, 4.69) is 241 Å². The number of hydrogen-bond acceptors (Lipinski definition) is 2. The third-order valence-electron chi connectivity index (χ3n) is 13.5. The van der Waals surface area contributed by atoms with Gasteiger partial charge >= 0.3 is 0 Å². The van der Waals surface area contributed by atoms with Gasteiger partial charge in [0.05, 0.1) is 22.5 Å². The van der Waals surface area contributed by atoms with E-state index in [4.69, 9.17) is 4.74 Å². The molecular weight excluding hydrogens is 763 g/mol. The summed E-state index contributed by atoms with van der Waals surface area (Å²) in [5, 5.41) is 7.29. The molecule has 0 saturated carbocycles. The highest BCUT2D eigenvalue weighted by Crippen LogP contribution is 2.64. The Labute approximate surface area is 366 Å². The second-order valence-corrected chi connectivity index (χ2v) is 16.8. The lowest BCUT2D eigenvalue weighted by Gasteiger charge is -2.49. The van der Waals surface area contributed by atoms with Crippen molar-refractivity contribution in [2.75, 3.05) is 4.90 Å². The van der Waals surface area contributed by atoms with Crippen molar-refractivity contribution < 1.29 is 4.74 Å². The van der Waals surface area contributed by atoms with Crippen molar-refractivity contribution in [3.8, 4) is 44.9 Å². The van der Waals surface area contributed by atoms with Crippen LogP contribution in [0.15, 0.2) is 237 Å². The first-order chi connectivity index (χ1) is 31.3. The third kappa shape index (κ3) is 5.25. The summed E-state index contributed by atoms with van der Waals surface area (Å²) in [6.45, 7) is 0. The van der Waals surface area contributed by atoms with Crippen LogP contribution in [0, 0.1) is 0 Å². The Bertz CT molecular complexity index is 3410. The van der Waals surface area contributed by atoms with E-state index in [1.54, 1.807) is 0 Å². The second-order valence-electron chi connectivity index (χ2n) is 16.8. The number of benzene rings is 11. The zero-order chi connectivity index (χ0) is 41.5. The van der Waals surface area contributed by atoms with Gasteiger partial charge in [-0.3, -0.25) is 0 Å². The van der Waals surface area contributed by atoms with Gasteiger partial charge in [-0.05, 0) is 109 Å². The van der Waals surface area contributed by atoms with Gasteiger partial charge in [0, 0.05) is 21.9 Å². The van der Waals surface area contributed by atoms with Crippen LogP contribution in [0.5, 0.6) is 11.5 Å². The van der Waals surface area contributed by atoms with E-state index < -0.39 is 5.41 Å². The van der Waals surface area contributed by atoms with Crippen LogP contribution in [0.25, 0.3) is 65.7 Å². The van der Waals surface area contributed by atoms with Gasteiger partial charge in [-0.15, -0.1) is 0 Å². The Balaban J connectivity index is 1.19. The maximum atomic E-state index is 6.86. The molecule has 1 spiro atoms. The van der Waals surface area contributed by atoms with Gasteiger partial charge in [0.25, 0.3) is 0 Å². The molecule has 0 aromatic heterocycles. The predicted molar refractivity (Wildman–Crippen MR) is 262 cm³/mol. The Morgan fingerprint density at radius 2 is 0.746 bits per heavy atom. The van der Waals surface area contributed by atoms with Crippen LogP contribution in [0.3, 0.4) is 0 Å². The standard InChI is InChI=1S/C61H39NO/c1-3-17-40(18-4-1)44-33-35-55-53(38-44)61(51-27-13-15-29-57(51)63-58-30-16-14-28-52(58)61)54-39-45(41-19-5-2-6-20-41)34-36-56(54)62(55)60-49-25-11-9-23-47(49)59(48-24-10-12-26-50(48)60)46-32-31-42-21-7-8-22-43(42)37-46/h1-39H. The van der Waals surface area contributed by atoms with E-state index in [1.807, 2.05) is 0 Å². The molecule has 2 aliphatic heterocycles. The summed E-state index contributed by atoms with van der Waals surface area (Å²) in [6, 6.07) is 86.8. The lowest BCUT2D eigenvalue weighted by atomic mass is 9.60. The number of ether oxygens (including phenoxy) is 1. The van der Waals surface area contributed by atoms with Crippen LogP contribution in [-0.2, 0) is 5.41 Å². The van der Waals surface area contributed by atoms with Gasteiger partial charge < -0.3 is 9.64 Å². The predicted octanol–water partition coefficient (Wildman–Crippen LogP) is 16.4. The second kappa shape index (κ2) is 13.9. The van der Waals surface area contributed by atoms with Crippen LogP contribution in [0.1, 0.15) is 22.3 Å². The molecule has 0 fully saturated rings. The minimum Gasteiger partial charge on any atom is -0.457 e. The van der Waals surface area contributed by atoms with Crippen molar-refractivity contribution in [2.24, 2.45) is 0 Å². The monoisotopic (exact) mass is 801 g/mol. The zero-order valence-corrected chi connectivity index (χ0v) is 34.4. The molecule has 2 aliphatic rings. The first-order valence-electron chi connectivity index (χ1n) is 21.8. The third-order valence-corrected chi connectivity index (χ3v) is 13.5. The Morgan fingerprint density at radius 1 is 0.302 bits per heavy atom. The fourth-order valence-corrected chi connectivity index (χ4v) is 10.8. The van der Waals surface area contributed by atoms with E-state index in [9.17, 15) is 0 Å². The van der Waals surface area contributed by atoms with Crippen LogP contribution in [0.4, 0.5) is 17.1 Å². The Hall–Kier alpha value is -8.20. The molecule has 11 aromatic carbocycles. The smallest absolute Gasteiger partial charge is 0.132 e. The molecule has 2 heteroatoms. The molecule has 0 amide bonds. The molecule has 0 atom stereocenters. The van der Waals surface area contributed by atoms with Gasteiger partial charge in [0.15, 0.2) is 0 Å². The molecule has 0 bridgehead atoms. The molecule has 2 nitrogen and oxygen atoms in total. The normalized spacial score (nSPS) is 13.3. The molecule has 63 heavy (non-hydrogen) atoms. The van der Waals surface area contributed by atoms with Gasteiger partial charge in [0.2, 0.25) is 0 Å². The number of fused-ring (bicyclic) bond motifs is 11. The molecule has 0 saturated heterocycles. The molecule has 0 aliphatic carbocycles. The van der Waals surface area contributed by atoms with E-state index in [0.29, 0.717) is 0 Å². The fourth-order valence-electron chi connectivity index (χ4n) is 10.8. The molecule has 0 unspecified atom stereocenters. The highest BCUT2D eigenvalue weighted by atomic mass is 16.5. The molecule has 11 aromatic rings. The SMILES string of the molecule is c1ccc(-c2ccc3c(c2)C2(c4ccccc4Oc4ccccc42)c2cc(-c4ccccc4)ccc2N3c2c3ccccc3c(-c3ccc4ccccc4c3)c3ccccc23)cc1. The summed E-state index contributed by atoms with van der Waals surface area (Å²) in [4.78, 5) is 2.58. The van der Waals surface area contributed by atoms with E-state index in [-0.39, 0.29) is 0 Å². The summed E-state index contributed by atoms with van der Waals surface area (Å²) in [5.74, 6) is 1.74. The highest BCUT2D eigenvalue weighted by molar-refractivity contribution is 6.23. The minimum atomic E-state index is -0.737. The first-order valence-corrected chi connectivity index (χ1v) is 21.8. The van der Waals surface area contributed by atoms with Crippen LogP contribution in [0.2, 0.25) is 0 Å². The van der Waals surface area contributed by atoms with Crippen LogP contribution < -0.4 is 9.64 Å². The van der Waals surface area contributed by atoms with E-state index in [0.717, 1.165) is 39.7 Å². The van der Waals surface area contributed by atoms with Crippen LogP contribution in [-0.4, -0.2) is 0 Å². The molecule has 13 rings (SSSR count). The van der Waals surface area contributed by atoms with Crippen LogP contribution >= 0.6 is 0 Å². The molecular formula is C61H39NO. The summed E-state index contributed by atoms with van der Waals surface area (Å²) < 4.78 is 6.86. The number of nitrogens with zero attached hydrogens (tertiary/aromatic N) is 1. The zero-order valence-electron chi connectivity index (χ0n) is 34.4. The topological polar surface area (TPSA) is 12.5 Å². The average molecular weight is 802 g/mol. The summed E-state index contributed by atoms with van der Waals surface area (Å²) in [6.07, 6.45) is 0. The average Bonchev–Trinajstić information content (AvgIpc) is 3.36. The van der Waals surface area contributed by atoms with Gasteiger partial charge in [-0.2, -0.15) is 0 Å². The highest BCUT2D eigenvalue weighted by Gasteiger charge is 2.51. The van der Waals surface area contributed by atoms with Crippen molar-refractivity contribution in [3.05, 3.63) is 259 Å². The van der Waals surface area contributed by atoms with Gasteiger partial charge in [-0.25, -0.2) is 0 Å². The largest absolute Gasteiger partial charge is 0.457 e. The summed E-state index contributed by atoms with van der Waals surface area (Å²) in [5.41, 5.74) is 14.5. The molecule has 294 valence electrons. The van der Waals surface area contributed by atoms with Crippen molar-refractivity contribution in [1.82, 2.24) is 0 Å². The van der Waals surface area contributed by atoms with Gasteiger partial charge in [-0.1, -0.05) is 194 Å². The van der Waals surface area contributed by atoms with E-state index in [1.165, 1.54) is 76.8 Å². The Morgan fingerprint density at radius 3 is 1.30 bits per heavy atom. The summed E-state index contributed by atoms with van der Waals surface area (Å²) >= 11 is 0. The fraction of sp³-hybridized carbons (Fsp3) is 0.0164. The van der Waals surface area contributed by atoms with Crippen molar-refractivity contribution in [1.29, 1.82) is 0 Å². The quantitative estimate of drug-likeness (QED) is 0.164. The maximum Gasteiger partial charge on any atom is 0.132 e. The lowest BCUT2D eigenvalue weighted by molar-refractivity contribution is 0.434. The number of para-hydroxylation sites is 2. The van der Waals surface area contributed by atoms with Crippen molar-refractivity contribution in [2.45, 2.75) is 5.41 Å². The van der Waals surface area contributed by atoms with Crippen molar-refractivity contribution in [3.63, 3.8) is 0 Å². The first kappa shape index (κ1) is 35.5. The lowest BCUT2D eigenvalue weighted by Crippen LogP contribution is -2.40. The summed E-state index contributed by atoms with van der Waals surface area (Å²) in [7, 11) is 0. The minimum absolute atomic E-state index is 0.737. The number of anilines is 3.